The van der Waals surface area contributed by atoms with Gasteiger partial charge in [0.2, 0.25) is 0 Å². The van der Waals surface area contributed by atoms with Crippen LogP contribution in [0.15, 0.2) is 35.1 Å². The maximum atomic E-state index is 5.84. The molecule has 0 atom stereocenters. The van der Waals surface area contributed by atoms with Crippen molar-refractivity contribution in [2.24, 2.45) is 16.5 Å². The fraction of sp³-hybridized carbons (Fsp3) is 0.100. The lowest BCUT2D eigenvalue weighted by atomic mass is 10.2. The van der Waals surface area contributed by atoms with Crippen molar-refractivity contribution in [1.82, 2.24) is 0 Å². The molecular weight excluding hydrogens is 233 g/mol. The molecule has 0 fully saturated rings. The van der Waals surface area contributed by atoms with Gasteiger partial charge in [0.1, 0.15) is 0 Å². The summed E-state index contributed by atoms with van der Waals surface area (Å²) in [6, 6.07) is 5.36. The molecule has 0 radical (unpaired) electrons. The highest BCUT2D eigenvalue weighted by Gasteiger charge is 1.97. The summed E-state index contributed by atoms with van der Waals surface area (Å²) < 4.78 is 0. The van der Waals surface area contributed by atoms with Gasteiger partial charge in [-0.3, -0.25) is 4.99 Å². The molecule has 1 rings (SSSR count). The lowest BCUT2D eigenvalue weighted by Gasteiger charge is -1.99. The minimum absolute atomic E-state index is 0.426. The third-order valence-corrected chi connectivity index (χ3v) is 2.43. The van der Waals surface area contributed by atoms with Gasteiger partial charge >= 0.3 is 0 Å². The summed E-state index contributed by atoms with van der Waals surface area (Å²) in [4.78, 5) is 4.08. The number of allylic oxidation sites excluding steroid dienone is 1. The van der Waals surface area contributed by atoms with Crippen LogP contribution in [0.25, 0.3) is 0 Å². The van der Waals surface area contributed by atoms with Crippen LogP contribution in [0.1, 0.15) is 5.56 Å². The maximum Gasteiger partial charge on any atom is 0.0653 e. The monoisotopic (exact) mass is 243 g/mol. The van der Waals surface area contributed by atoms with Crippen molar-refractivity contribution in [2.75, 3.05) is 0 Å². The molecule has 0 saturated heterocycles. The zero-order valence-electron chi connectivity index (χ0n) is 7.95. The van der Waals surface area contributed by atoms with Crippen LogP contribution in [0, 0.1) is 0 Å². The summed E-state index contributed by atoms with van der Waals surface area (Å²) in [5.74, 6) is 0. The first-order valence-electron chi connectivity index (χ1n) is 4.24. The van der Waals surface area contributed by atoms with E-state index in [1.54, 1.807) is 12.1 Å². The van der Waals surface area contributed by atoms with Crippen LogP contribution in [0.3, 0.4) is 0 Å². The summed E-state index contributed by atoms with van der Waals surface area (Å²) in [7, 11) is 0. The fourth-order valence-corrected chi connectivity index (χ4v) is 1.26. The molecule has 80 valence electrons. The van der Waals surface area contributed by atoms with Crippen molar-refractivity contribution >= 4 is 29.4 Å². The van der Waals surface area contributed by atoms with Crippen LogP contribution < -0.4 is 11.5 Å². The zero-order chi connectivity index (χ0) is 11.3. The second kappa shape index (κ2) is 5.63. The molecule has 0 aromatic heterocycles. The van der Waals surface area contributed by atoms with Crippen molar-refractivity contribution in [1.29, 1.82) is 0 Å². The standard InChI is InChI=1S/C10H11Cl2N3/c11-9-2-1-7(3-10(9)12)5-15-6-8(14)4-13/h1-4,6H,5,13-14H2. The Kier molecular flexibility index (Phi) is 4.46. The molecule has 1 aromatic rings. The minimum Gasteiger partial charge on any atom is -0.403 e. The summed E-state index contributed by atoms with van der Waals surface area (Å²) in [6.07, 6.45) is 2.79. The lowest BCUT2D eigenvalue weighted by molar-refractivity contribution is 1.07. The Morgan fingerprint density at radius 2 is 2.07 bits per heavy atom. The van der Waals surface area contributed by atoms with E-state index < -0.39 is 0 Å². The first-order valence-corrected chi connectivity index (χ1v) is 5.00. The van der Waals surface area contributed by atoms with Gasteiger partial charge < -0.3 is 11.5 Å². The Hall–Kier alpha value is -1.19. The van der Waals surface area contributed by atoms with Crippen molar-refractivity contribution in [3.63, 3.8) is 0 Å². The highest BCUT2D eigenvalue weighted by molar-refractivity contribution is 6.42. The van der Waals surface area contributed by atoms with E-state index in [1.165, 1.54) is 12.4 Å². The molecule has 5 heteroatoms. The average Bonchev–Trinajstić information content (AvgIpc) is 2.23. The lowest BCUT2D eigenvalue weighted by Crippen LogP contribution is -2.01. The largest absolute Gasteiger partial charge is 0.403 e. The van der Waals surface area contributed by atoms with Crippen LogP contribution in [0.2, 0.25) is 10.0 Å². The van der Waals surface area contributed by atoms with E-state index >= 15 is 0 Å². The molecule has 15 heavy (non-hydrogen) atoms. The first-order chi connectivity index (χ1) is 7.13. The summed E-state index contributed by atoms with van der Waals surface area (Å²) in [5, 5.41) is 1.05. The number of halogens is 2. The van der Waals surface area contributed by atoms with Gasteiger partial charge in [-0.1, -0.05) is 29.3 Å². The number of hydrogen-bond donors (Lipinski definition) is 2. The van der Waals surface area contributed by atoms with E-state index in [9.17, 15) is 0 Å². The molecule has 0 saturated carbocycles. The molecule has 0 unspecified atom stereocenters. The van der Waals surface area contributed by atoms with Gasteiger partial charge in [0.05, 0.1) is 22.3 Å². The van der Waals surface area contributed by atoms with Crippen LogP contribution in [-0.4, -0.2) is 6.21 Å². The zero-order valence-corrected chi connectivity index (χ0v) is 9.46. The van der Waals surface area contributed by atoms with Crippen molar-refractivity contribution < 1.29 is 0 Å². The van der Waals surface area contributed by atoms with Gasteiger partial charge in [0.25, 0.3) is 0 Å². The number of nitrogens with two attached hydrogens (primary N) is 2. The molecule has 0 aliphatic carbocycles. The molecule has 0 bridgehead atoms. The molecular formula is C10H11Cl2N3. The van der Waals surface area contributed by atoms with E-state index in [0.717, 1.165) is 5.56 Å². The smallest absolute Gasteiger partial charge is 0.0653 e. The van der Waals surface area contributed by atoms with E-state index in [4.69, 9.17) is 34.7 Å². The van der Waals surface area contributed by atoms with Gasteiger partial charge in [0, 0.05) is 12.4 Å². The number of aliphatic imine (C=N–C) groups is 1. The second-order valence-electron chi connectivity index (χ2n) is 2.88. The normalized spacial score (nSPS) is 12.3. The number of benzene rings is 1. The van der Waals surface area contributed by atoms with Gasteiger partial charge in [-0.05, 0) is 17.7 Å². The van der Waals surface area contributed by atoms with Crippen molar-refractivity contribution in [3.8, 4) is 0 Å². The van der Waals surface area contributed by atoms with Gasteiger partial charge in [-0.25, -0.2) is 0 Å². The summed E-state index contributed by atoms with van der Waals surface area (Å²) in [6.45, 7) is 0.491. The molecule has 0 aliphatic heterocycles. The Morgan fingerprint density at radius 1 is 1.33 bits per heavy atom. The first kappa shape index (κ1) is 11.9. The van der Waals surface area contributed by atoms with Crippen LogP contribution in [-0.2, 0) is 6.54 Å². The molecule has 4 N–H and O–H groups in total. The number of rotatable bonds is 3. The maximum absolute atomic E-state index is 5.84. The quantitative estimate of drug-likeness (QED) is 0.801. The third kappa shape index (κ3) is 3.81. The van der Waals surface area contributed by atoms with Crippen molar-refractivity contribution in [3.05, 3.63) is 45.7 Å². The number of nitrogens with zero attached hydrogens (tertiary/aromatic N) is 1. The summed E-state index contributed by atoms with van der Waals surface area (Å²) >= 11 is 11.6. The Bertz CT molecular complexity index is 400. The highest BCUT2D eigenvalue weighted by Crippen LogP contribution is 2.22. The average molecular weight is 244 g/mol. The third-order valence-electron chi connectivity index (χ3n) is 1.69. The highest BCUT2D eigenvalue weighted by atomic mass is 35.5. The molecule has 3 nitrogen and oxygen atoms in total. The van der Waals surface area contributed by atoms with Crippen LogP contribution in [0.5, 0.6) is 0 Å². The van der Waals surface area contributed by atoms with E-state index in [-0.39, 0.29) is 0 Å². The Labute approximate surface area is 98.4 Å². The molecule has 1 aromatic carbocycles. The minimum atomic E-state index is 0.426. The fourth-order valence-electron chi connectivity index (χ4n) is 0.937. The van der Waals surface area contributed by atoms with Crippen molar-refractivity contribution in [2.45, 2.75) is 6.54 Å². The van der Waals surface area contributed by atoms with Crippen LogP contribution >= 0.6 is 23.2 Å². The van der Waals surface area contributed by atoms with Gasteiger partial charge in [-0.2, -0.15) is 0 Å². The van der Waals surface area contributed by atoms with E-state index in [1.807, 2.05) is 6.07 Å². The van der Waals surface area contributed by atoms with E-state index in [2.05, 4.69) is 4.99 Å². The Balaban J connectivity index is 2.66. The predicted molar refractivity (Wildman–Crippen MR) is 65.1 cm³/mol. The molecule has 0 heterocycles. The van der Waals surface area contributed by atoms with Crippen LogP contribution in [0.4, 0.5) is 0 Å². The van der Waals surface area contributed by atoms with Gasteiger partial charge in [0.15, 0.2) is 0 Å². The summed E-state index contributed by atoms with van der Waals surface area (Å²) in [5.41, 5.74) is 12.0. The predicted octanol–water partition coefficient (Wildman–Crippen LogP) is 2.32. The second-order valence-corrected chi connectivity index (χ2v) is 3.70. The van der Waals surface area contributed by atoms with Gasteiger partial charge in [-0.15, -0.1) is 0 Å². The van der Waals surface area contributed by atoms with E-state index in [0.29, 0.717) is 22.3 Å². The Morgan fingerprint density at radius 3 is 2.67 bits per heavy atom. The SMILES string of the molecule is NC=C(N)C=NCc1ccc(Cl)c(Cl)c1. The topological polar surface area (TPSA) is 64.4 Å². The molecule has 0 spiro atoms. The molecule has 0 amide bonds. The molecule has 0 aliphatic rings. The number of hydrogen-bond acceptors (Lipinski definition) is 3.